The fourth-order valence-electron chi connectivity index (χ4n) is 2.02. The molecule has 18 heavy (non-hydrogen) atoms. The van der Waals surface area contributed by atoms with Crippen molar-refractivity contribution in [2.45, 2.75) is 18.6 Å². The third-order valence-corrected chi connectivity index (χ3v) is 4.60. The van der Waals surface area contributed by atoms with E-state index in [1.54, 1.807) is 6.07 Å². The molecule has 2 N–H and O–H groups in total. The number of amides is 1. The van der Waals surface area contributed by atoms with Crippen LogP contribution in [0.5, 0.6) is 0 Å². The second-order valence-electron chi connectivity index (χ2n) is 4.41. The summed E-state index contributed by atoms with van der Waals surface area (Å²) in [6.45, 7) is 2.03. The maximum Gasteiger partial charge on any atom is 0.228 e. The lowest BCUT2D eigenvalue weighted by atomic mass is 10.2. The van der Waals surface area contributed by atoms with Gasteiger partial charge in [-0.15, -0.1) is 0 Å². The van der Waals surface area contributed by atoms with E-state index < -0.39 is 15.3 Å². The summed E-state index contributed by atoms with van der Waals surface area (Å²) in [6, 6.07) is 5.55. The van der Waals surface area contributed by atoms with Crippen LogP contribution in [0.3, 0.4) is 0 Å². The Balaban J connectivity index is 2.32. The number of sulfonamides is 1. The van der Waals surface area contributed by atoms with Gasteiger partial charge in [-0.05, 0) is 30.7 Å². The predicted molar refractivity (Wildman–Crippen MR) is 72.7 cm³/mol. The second kappa shape index (κ2) is 4.64. The van der Waals surface area contributed by atoms with E-state index in [-0.39, 0.29) is 18.9 Å². The smallest absolute Gasteiger partial charge is 0.228 e. The normalized spacial score (nSPS) is 20.5. The lowest BCUT2D eigenvalue weighted by Crippen LogP contribution is -2.32. The molecule has 0 aliphatic carbocycles. The van der Waals surface area contributed by atoms with Crippen molar-refractivity contribution < 1.29 is 13.2 Å². The number of nitrogens with zero attached hydrogens (tertiary/aromatic N) is 1. The van der Waals surface area contributed by atoms with Gasteiger partial charge in [-0.25, -0.2) is 13.6 Å². The molecule has 1 atom stereocenters. The van der Waals surface area contributed by atoms with Crippen molar-refractivity contribution in [3.63, 3.8) is 0 Å². The average Bonchev–Trinajstić information content (AvgIpc) is 2.58. The number of rotatable bonds is 2. The molecule has 1 aliphatic rings. The highest BCUT2D eigenvalue weighted by atomic mass is 79.9. The van der Waals surface area contributed by atoms with Crippen molar-refractivity contribution in [1.29, 1.82) is 0 Å². The van der Waals surface area contributed by atoms with Crippen LogP contribution < -0.4 is 10.0 Å². The van der Waals surface area contributed by atoms with Gasteiger partial charge < -0.3 is 4.90 Å². The quantitative estimate of drug-likeness (QED) is 0.882. The summed E-state index contributed by atoms with van der Waals surface area (Å²) < 4.78 is 23.4. The fourth-order valence-corrected chi connectivity index (χ4v) is 3.34. The van der Waals surface area contributed by atoms with Gasteiger partial charge in [-0.3, -0.25) is 4.79 Å². The number of carbonyl (C=O) groups is 1. The Hall–Kier alpha value is -0.920. The van der Waals surface area contributed by atoms with E-state index in [4.69, 9.17) is 5.14 Å². The molecule has 2 rings (SSSR count). The van der Waals surface area contributed by atoms with Gasteiger partial charge in [0.2, 0.25) is 15.9 Å². The molecule has 1 fully saturated rings. The van der Waals surface area contributed by atoms with E-state index in [1.165, 1.54) is 4.90 Å². The first-order chi connectivity index (χ1) is 8.27. The van der Waals surface area contributed by atoms with E-state index in [9.17, 15) is 13.2 Å². The maximum absolute atomic E-state index is 11.8. The summed E-state index contributed by atoms with van der Waals surface area (Å²) in [5.41, 5.74) is 1.68. The predicted octanol–water partition coefficient (Wildman–Crippen LogP) is 1.15. The molecule has 1 aromatic carbocycles. The molecule has 1 amide bonds. The number of hydrogen-bond acceptors (Lipinski definition) is 3. The number of aryl methyl sites for hydroxylation is 1. The molecule has 1 heterocycles. The standard InChI is InChI=1S/C11H13BrN2O3S/c1-7-2-8(12)4-9(3-7)14-6-10(5-11(14)15)18(13,16)17/h2-4,10H,5-6H2,1H3,(H2,13,16,17). The molecule has 98 valence electrons. The van der Waals surface area contributed by atoms with Crippen molar-refractivity contribution in [3.8, 4) is 0 Å². The summed E-state index contributed by atoms with van der Waals surface area (Å²) in [5.74, 6) is -0.216. The minimum absolute atomic E-state index is 0.0512. The number of benzene rings is 1. The molecule has 0 saturated carbocycles. The highest BCUT2D eigenvalue weighted by Crippen LogP contribution is 2.27. The topological polar surface area (TPSA) is 80.5 Å². The first kappa shape index (κ1) is 13.5. The van der Waals surface area contributed by atoms with Crippen LogP contribution in [-0.2, 0) is 14.8 Å². The van der Waals surface area contributed by atoms with Crippen LogP contribution in [0.15, 0.2) is 22.7 Å². The molecule has 5 nitrogen and oxygen atoms in total. The van der Waals surface area contributed by atoms with E-state index >= 15 is 0 Å². The number of nitrogens with two attached hydrogens (primary N) is 1. The molecule has 7 heteroatoms. The molecule has 0 aromatic heterocycles. The van der Waals surface area contributed by atoms with Gasteiger partial charge in [0, 0.05) is 23.1 Å². The van der Waals surface area contributed by atoms with Crippen molar-refractivity contribution in [3.05, 3.63) is 28.2 Å². The van der Waals surface area contributed by atoms with E-state index in [0.717, 1.165) is 10.0 Å². The number of anilines is 1. The summed E-state index contributed by atoms with van der Waals surface area (Å²) >= 11 is 3.35. The van der Waals surface area contributed by atoms with Crippen LogP contribution in [0.2, 0.25) is 0 Å². The van der Waals surface area contributed by atoms with Crippen molar-refractivity contribution >= 4 is 37.5 Å². The van der Waals surface area contributed by atoms with Gasteiger partial charge in [0.05, 0.1) is 0 Å². The van der Waals surface area contributed by atoms with Gasteiger partial charge in [0.25, 0.3) is 0 Å². The van der Waals surface area contributed by atoms with Crippen LogP contribution in [0.25, 0.3) is 0 Å². The Bertz CT molecular complexity index is 580. The largest absolute Gasteiger partial charge is 0.311 e. The molecule has 1 aromatic rings. The number of hydrogen-bond donors (Lipinski definition) is 1. The van der Waals surface area contributed by atoms with Crippen LogP contribution >= 0.6 is 15.9 Å². The average molecular weight is 333 g/mol. The highest BCUT2D eigenvalue weighted by Gasteiger charge is 2.37. The van der Waals surface area contributed by atoms with E-state index in [1.807, 2.05) is 19.1 Å². The SMILES string of the molecule is Cc1cc(Br)cc(N2CC(S(N)(=O)=O)CC2=O)c1. The number of halogens is 1. The monoisotopic (exact) mass is 332 g/mol. The summed E-state index contributed by atoms with van der Waals surface area (Å²) in [4.78, 5) is 13.3. The van der Waals surface area contributed by atoms with Crippen LogP contribution in [0.4, 0.5) is 5.69 Å². The molecule has 1 unspecified atom stereocenters. The molecule has 1 aliphatic heterocycles. The van der Waals surface area contributed by atoms with Crippen molar-refractivity contribution in [1.82, 2.24) is 0 Å². The van der Waals surface area contributed by atoms with Crippen LogP contribution in [0.1, 0.15) is 12.0 Å². The van der Waals surface area contributed by atoms with Gasteiger partial charge in [0.15, 0.2) is 0 Å². The summed E-state index contributed by atoms with van der Waals surface area (Å²) in [7, 11) is -3.67. The maximum atomic E-state index is 11.8. The highest BCUT2D eigenvalue weighted by molar-refractivity contribution is 9.10. The zero-order chi connectivity index (χ0) is 13.5. The van der Waals surface area contributed by atoms with Crippen molar-refractivity contribution in [2.24, 2.45) is 5.14 Å². The first-order valence-corrected chi connectivity index (χ1v) is 7.77. The van der Waals surface area contributed by atoms with Gasteiger partial charge in [0.1, 0.15) is 5.25 Å². The minimum atomic E-state index is -3.67. The first-order valence-electron chi connectivity index (χ1n) is 5.36. The summed E-state index contributed by atoms with van der Waals surface area (Å²) in [5, 5.41) is 4.27. The lowest BCUT2D eigenvalue weighted by molar-refractivity contribution is -0.117. The molecular weight excluding hydrogens is 320 g/mol. The molecule has 0 spiro atoms. The Kier molecular flexibility index (Phi) is 3.48. The third kappa shape index (κ3) is 2.73. The van der Waals surface area contributed by atoms with Gasteiger partial charge in [-0.2, -0.15) is 0 Å². The third-order valence-electron chi connectivity index (χ3n) is 2.89. The minimum Gasteiger partial charge on any atom is -0.311 e. The van der Waals surface area contributed by atoms with Crippen LogP contribution in [0, 0.1) is 6.92 Å². The molecule has 0 radical (unpaired) electrons. The zero-order valence-corrected chi connectivity index (χ0v) is 12.2. The Morgan fingerprint density at radius 3 is 2.56 bits per heavy atom. The Morgan fingerprint density at radius 1 is 1.39 bits per heavy atom. The molecule has 0 bridgehead atoms. The number of carbonyl (C=O) groups excluding carboxylic acids is 1. The fraction of sp³-hybridized carbons (Fsp3) is 0.364. The van der Waals surface area contributed by atoms with E-state index in [2.05, 4.69) is 15.9 Å². The van der Waals surface area contributed by atoms with Crippen LogP contribution in [-0.4, -0.2) is 26.1 Å². The Labute approximate surface area is 114 Å². The number of primary sulfonamides is 1. The molecule has 1 saturated heterocycles. The van der Waals surface area contributed by atoms with E-state index in [0.29, 0.717) is 5.69 Å². The van der Waals surface area contributed by atoms with Gasteiger partial charge >= 0.3 is 0 Å². The zero-order valence-electron chi connectivity index (χ0n) is 9.76. The Morgan fingerprint density at radius 2 is 2.06 bits per heavy atom. The second-order valence-corrected chi connectivity index (χ2v) is 7.17. The lowest BCUT2D eigenvalue weighted by Gasteiger charge is -2.17. The van der Waals surface area contributed by atoms with Crippen molar-refractivity contribution in [2.75, 3.05) is 11.4 Å². The summed E-state index contributed by atoms with van der Waals surface area (Å²) in [6.07, 6.45) is -0.0512. The molecular formula is C11H13BrN2O3S. The van der Waals surface area contributed by atoms with Gasteiger partial charge in [-0.1, -0.05) is 15.9 Å².